The Hall–Kier alpha value is -0.0400. The largest absolute Gasteiger partial charge is 0.390 e. The summed E-state index contributed by atoms with van der Waals surface area (Å²) in [4.78, 5) is 0. The Labute approximate surface area is 82.5 Å². The van der Waals surface area contributed by atoms with Gasteiger partial charge in [0.1, 0.15) is 0 Å². The monoisotopic (exact) mass is 184 g/mol. The standard InChI is InChI=1S/C12H24O/c1-3-7-11(2)10-12(13)8-5-4-6-9-12/h11,13H,3-10H2,1-2H3. The predicted octanol–water partition coefficient (Wildman–Crippen LogP) is 3.51. The van der Waals surface area contributed by atoms with Gasteiger partial charge in [0.05, 0.1) is 5.60 Å². The van der Waals surface area contributed by atoms with E-state index in [0.717, 1.165) is 19.3 Å². The molecule has 1 saturated carbocycles. The Morgan fingerprint density at radius 1 is 1.23 bits per heavy atom. The number of rotatable bonds is 4. The Balaban J connectivity index is 2.31. The molecule has 0 radical (unpaired) electrons. The summed E-state index contributed by atoms with van der Waals surface area (Å²) in [5.41, 5.74) is -0.299. The Kier molecular flexibility index (Phi) is 4.24. The maximum absolute atomic E-state index is 10.3. The minimum absolute atomic E-state index is 0.299. The molecule has 1 N–H and O–H groups in total. The van der Waals surface area contributed by atoms with Crippen LogP contribution in [0.3, 0.4) is 0 Å². The first kappa shape index (κ1) is 11.0. The lowest BCUT2D eigenvalue weighted by Crippen LogP contribution is -2.33. The van der Waals surface area contributed by atoms with Crippen molar-refractivity contribution >= 4 is 0 Å². The van der Waals surface area contributed by atoms with Crippen molar-refractivity contribution in [3.8, 4) is 0 Å². The van der Waals surface area contributed by atoms with Crippen LogP contribution in [0.25, 0.3) is 0 Å². The molecule has 0 aromatic carbocycles. The Morgan fingerprint density at radius 3 is 2.38 bits per heavy atom. The van der Waals surface area contributed by atoms with Crippen molar-refractivity contribution in [2.45, 2.75) is 70.8 Å². The molecule has 78 valence electrons. The van der Waals surface area contributed by atoms with Gasteiger partial charge in [-0.15, -0.1) is 0 Å². The smallest absolute Gasteiger partial charge is 0.0650 e. The van der Waals surface area contributed by atoms with Crippen molar-refractivity contribution in [1.29, 1.82) is 0 Å². The van der Waals surface area contributed by atoms with Crippen molar-refractivity contribution in [2.24, 2.45) is 5.92 Å². The summed E-state index contributed by atoms with van der Waals surface area (Å²) < 4.78 is 0. The molecule has 0 amide bonds. The van der Waals surface area contributed by atoms with Crippen molar-refractivity contribution < 1.29 is 5.11 Å². The molecule has 1 unspecified atom stereocenters. The molecular formula is C12H24O. The maximum atomic E-state index is 10.3. The molecule has 1 rings (SSSR count). The molecule has 0 aliphatic heterocycles. The van der Waals surface area contributed by atoms with E-state index in [1.165, 1.54) is 32.1 Å². The van der Waals surface area contributed by atoms with E-state index in [1.807, 2.05) is 0 Å². The highest BCUT2D eigenvalue weighted by Gasteiger charge is 2.30. The number of hydrogen-bond acceptors (Lipinski definition) is 1. The first-order chi connectivity index (χ1) is 6.16. The maximum Gasteiger partial charge on any atom is 0.0650 e. The van der Waals surface area contributed by atoms with Gasteiger partial charge < -0.3 is 5.11 Å². The van der Waals surface area contributed by atoms with Gasteiger partial charge in [0.25, 0.3) is 0 Å². The Bertz CT molecular complexity index is 136. The van der Waals surface area contributed by atoms with Crippen LogP contribution in [0.1, 0.15) is 65.2 Å². The quantitative estimate of drug-likeness (QED) is 0.709. The SMILES string of the molecule is CCCC(C)CC1(O)CCCCC1. The predicted molar refractivity (Wildman–Crippen MR) is 56.7 cm³/mol. The zero-order valence-corrected chi connectivity index (χ0v) is 9.18. The summed E-state index contributed by atoms with van der Waals surface area (Å²) in [7, 11) is 0. The third-order valence-corrected chi connectivity index (χ3v) is 3.29. The van der Waals surface area contributed by atoms with E-state index in [2.05, 4.69) is 13.8 Å². The van der Waals surface area contributed by atoms with Gasteiger partial charge in [0, 0.05) is 0 Å². The third kappa shape index (κ3) is 3.68. The first-order valence-electron chi connectivity index (χ1n) is 5.89. The summed E-state index contributed by atoms with van der Waals surface area (Å²) in [6.45, 7) is 4.50. The molecular weight excluding hydrogens is 160 g/mol. The van der Waals surface area contributed by atoms with Crippen LogP contribution in [0.4, 0.5) is 0 Å². The second-order valence-electron chi connectivity index (χ2n) is 4.88. The van der Waals surface area contributed by atoms with E-state index < -0.39 is 0 Å². The molecule has 0 bridgehead atoms. The van der Waals surface area contributed by atoms with E-state index >= 15 is 0 Å². The van der Waals surface area contributed by atoms with Crippen LogP contribution in [0.2, 0.25) is 0 Å². The fourth-order valence-corrected chi connectivity index (χ4v) is 2.66. The molecule has 0 saturated heterocycles. The lowest BCUT2D eigenvalue weighted by atomic mass is 9.78. The van der Waals surface area contributed by atoms with Crippen molar-refractivity contribution in [3.05, 3.63) is 0 Å². The van der Waals surface area contributed by atoms with Gasteiger partial charge >= 0.3 is 0 Å². The van der Waals surface area contributed by atoms with Gasteiger partial charge in [-0.3, -0.25) is 0 Å². The van der Waals surface area contributed by atoms with Crippen molar-refractivity contribution in [3.63, 3.8) is 0 Å². The highest BCUT2D eigenvalue weighted by Crippen LogP contribution is 2.34. The topological polar surface area (TPSA) is 20.2 Å². The van der Waals surface area contributed by atoms with Gasteiger partial charge in [0.15, 0.2) is 0 Å². The zero-order chi connectivity index (χ0) is 9.73. The average Bonchev–Trinajstić information content (AvgIpc) is 2.04. The van der Waals surface area contributed by atoms with Crippen LogP contribution in [-0.2, 0) is 0 Å². The first-order valence-corrected chi connectivity index (χ1v) is 5.89. The van der Waals surface area contributed by atoms with Gasteiger partial charge in [-0.25, -0.2) is 0 Å². The summed E-state index contributed by atoms with van der Waals surface area (Å²) in [6.07, 6.45) is 9.41. The zero-order valence-electron chi connectivity index (χ0n) is 9.18. The molecule has 0 heterocycles. The molecule has 0 aromatic heterocycles. The van der Waals surface area contributed by atoms with Gasteiger partial charge in [-0.05, 0) is 25.2 Å². The summed E-state index contributed by atoms with van der Waals surface area (Å²) in [6, 6.07) is 0. The molecule has 0 aromatic rings. The number of hydrogen-bond donors (Lipinski definition) is 1. The second kappa shape index (κ2) is 4.99. The molecule has 1 aliphatic carbocycles. The molecule has 0 spiro atoms. The van der Waals surface area contributed by atoms with E-state index in [-0.39, 0.29) is 5.60 Å². The molecule has 13 heavy (non-hydrogen) atoms. The molecule has 1 atom stereocenters. The second-order valence-corrected chi connectivity index (χ2v) is 4.88. The number of aliphatic hydroxyl groups is 1. The van der Waals surface area contributed by atoms with E-state index in [0.29, 0.717) is 5.92 Å². The Morgan fingerprint density at radius 2 is 1.85 bits per heavy atom. The van der Waals surface area contributed by atoms with E-state index in [9.17, 15) is 5.11 Å². The fourth-order valence-electron chi connectivity index (χ4n) is 2.66. The normalized spacial score (nSPS) is 24.2. The summed E-state index contributed by atoms with van der Waals surface area (Å²) >= 11 is 0. The van der Waals surface area contributed by atoms with Crippen molar-refractivity contribution in [2.75, 3.05) is 0 Å². The van der Waals surface area contributed by atoms with Crippen LogP contribution in [0, 0.1) is 5.92 Å². The molecule has 1 heteroatoms. The van der Waals surface area contributed by atoms with Crippen LogP contribution >= 0.6 is 0 Å². The van der Waals surface area contributed by atoms with Gasteiger partial charge in [0.2, 0.25) is 0 Å². The van der Waals surface area contributed by atoms with Gasteiger partial charge in [-0.1, -0.05) is 46.0 Å². The van der Waals surface area contributed by atoms with E-state index in [1.54, 1.807) is 0 Å². The molecule has 1 fully saturated rings. The minimum atomic E-state index is -0.299. The average molecular weight is 184 g/mol. The van der Waals surface area contributed by atoms with Crippen LogP contribution in [0.5, 0.6) is 0 Å². The minimum Gasteiger partial charge on any atom is -0.390 e. The lowest BCUT2D eigenvalue weighted by molar-refractivity contribution is -0.0166. The lowest BCUT2D eigenvalue weighted by Gasteiger charge is -2.34. The summed E-state index contributed by atoms with van der Waals surface area (Å²) in [5.74, 6) is 0.702. The highest BCUT2D eigenvalue weighted by molar-refractivity contribution is 4.83. The van der Waals surface area contributed by atoms with Crippen LogP contribution in [0.15, 0.2) is 0 Å². The van der Waals surface area contributed by atoms with Gasteiger partial charge in [-0.2, -0.15) is 0 Å². The third-order valence-electron chi connectivity index (χ3n) is 3.29. The van der Waals surface area contributed by atoms with E-state index in [4.69, 9.17) is 0 Å². The molecule has 1 aliphatic rings. The van der Waals surface area contributed by atoms with Crippen LogP contribution in [-0.4, -0.2) is 10.7 Å². The fraction of sp³-hybridized carbons (Fsp3) is 1.00. The highest BCUT2D eigenvalue weighted by atomic mass is 16.3. The summed E-state index contributed by atoms with van der Waals surface area (Å²) in [5, 5.41) is 10.3. The van der Waals surface area contributed by atoms with Crippen LogP contribution < -0.4 is 0 Å². The van der Waals surface area contributed by atoms with Crippen molar-refractivity contribution in [1.82, 2.24) is 0 Å². The molecule has 1 nitrogen and oxygen atoms in total.